The van der Waals surface area contributed by atoms with Crippen LogP contribution in [-0.4, -0.2) is 11.0 Å². The van der Waals surface area contributed by atoms with Crippen molar-refractivity contribution in [1.82, 2.24) is 4.98 Å². The number of pyridine rings is 1. The zero-order valence-corrected chi connectivity index (χ0v) is 13.0. The van der Waals surface area contributed by atoms with Crippen LogP contribution in [0.1, 0.15) is 5.56 Å². The van der Waals surface area contributed by atoms with Crippen LogP contribution < -0.4 is 16.4 Å². The summed E-state index contributed by atoms with van der Waals surface area (Å²) in [6.07, 6.45) is 1.75. The Morgan fingerprint density at radius 1 is 1.13 bits per heavy atom. The highest BCUT2D eigenvalue weighted by atomic mass is 35.5. The highest BCUT2D eigenvalue weighted by molar-refractivity contribution is 6.31. The number of fused-ring (bicyclic) bond motifs is 1. The predicted molar refractivity (Wildman–Crippen MR) is 93.7 cm³/mol. The summed E-state index contributed by atoms with van der Waals surface area (Å²) in [6.45, 7) is 0.651. The van der Waals surface area contributed by atoms with E-state index in [4.69, 9.17) is 17.3 Å². The SMILES string of the molecule is NC(=O)Nc1ccc(CNc2ccnc3cc(Cl)ccc23)cc1. The van der Waals surface area contributed by atoms with E-state index in [9.17, 15) is 4.79 Å². The van der Waals surface area contributed by atoms with Gasteiger partial charge in [0, 0.05) is 34.5 Å². The lowest BCUT2D eigenvalue weighted by Crippen LogP contribution is -2.19. The van der Waals surface area contributed by atoms with Gasteiger partial charge in [0.05, 0.1) is 5.52 Å². The third-order valence-corrected chi connectivity index (χ3v) is 3.64. The van der Waals surface area contributed by atoms with Gasteiger partial charge in [0.25, 0.3) is 0 Å². The number of hydrogen-bond donors (Lipinski definition) is 3. The summed E-state index contributed by atoms with van der Waals surface area (Å²) < 4.78 is 0. The summed E-state index contributed by atoms with van der Waals surface area (Å²) in [4.78, 5) is 15.1. The van der Waals surface area contributed by atoms with Crippen molar-refractivity contribution in [2.45, 2.75) is 6.54 Å². The number of nitrogens with two attached hydrogens (primary N) is 1. The molecule has 2 aromatic carbocycles. The molecule has 1 heterocycles. The minimum absolute atomic E-state index is 0.571. The topological polar surface area (TPSA) is 80.0 Å². The second-order valence-corrected chi connectivity index (χ2v) is 5.50. The van der Waals surface area contributed by atoms with Crippen molar-refractivity contribution < 1.29 is 4.79 Å². The second-order valence-electron chi connectivity index (χ2n) is 5.06. The van der Waals surface area contributed by atoms with Crippen molar-refractivity contribution in [2.75, 3.05) is 10.6 Å². The normalized spacial score (nSPS) is 10.5. The van der Waals surface area contributed by atoms with Crippen molar-refractivity contribution in [2.24, 2.45) is 5.73 Å². The Hall–Kier alpha value is -2.79. The van der Waals surface area contributed by atoms with Gasteiger partial charge >= 0.3 is 6.03 Å². The van der Waals surface area contributed by atoms with Crippen LogP contribution in [0.2, 0.25) is 5.02 Å². The molecule has 1 aromatic heterocycles. The molecule has 5 nitrogen and oxygen atoms in total. The fraction of sp³-hybridized carbons (Fsp3) is 0.0588. The monoisotopic (exact) mass is 326 g/mol. The van der Waals surface area contributed by atoms with Gasteiger partial charge < -0.3 is 16.4 Å². The van der Waals surface area contributed by atoms with E-state index in [1.807, 2.05) is 48.5 Å². The molecule has 0 atom stereocenters. The number of aromatic nitrogens is 1. The third-order valence-electron chi connectivity index (χ3n) is 3.41. The van der Waals surface area contributed by atoms with E-state index in [1.54, 1.807) is 6.20 Å². The molecule has 0 unspecified atom stereocenters. The number of benzene rings is 2. The van der Waals surface area contributed by atoms with Crippen LogP contribution in [0.4, 0.5) is 16.2 Å². The summed E-state index contributed by atoms with van der Waals surface area (Å²) in [5.41, 5.74) is 8.68. The van der Waals surface area contributed by atoms with E-state index in [0.717, 1.165) is 22.2 Å². The zero-order chi connectivity index (χ0) is 16.2. The smallest absolute Gasteiger partial charge is 0.316 e. The molecule has 0 spiro atoms. The molecule has 4 N–H and O–H groups in total. The van der Waals surface area contributed by atoms with E-state index in [1.165, 1.54) is 0 Å². The molecule has 0 aliphatic carbocycles. The highest BCUT2D eigenvalue weighted by Gasteiger charge is 2.03. The maximum absolute atomic E-state index is 10.8. The summed E-state index contributed by atoms with van der Waals surface area (Å²) in [5, 5.41) is 7.61. The molecule has 0 bridgehead atoms. The largest absolute Gasteiger partial charge is 0.380 e. The average molecular weight is 327 g/mol. The standard InChI is InChI=1S/C17H15ClN4O/c18-12-3-6-14-15(7-8-20-16(14)9-12)21-10-11-1-4-13(5-2-11)22-17(19)23/h1-9H,10H2,(H,20,21)(H3,19,22,23). The van der Waals surface area contributed by atoms with E-state index < -0.39 is 6.03 Å². The van der Waals surface area contributed by atoms with Crippen LogP contribution in [0.25, 0.3) is 10.9 Å². The first-order valence-corrected chi connectivity index (χ1v) is 7.43. The van der Waals surface area contributed by atoms with Crippen molar-refractivity contribution in [3.63, 3.8) is 0 Å². The van der Waals surface area contributed by atoms with Gasteiger partial charge in [0.15, 0.2) is 0 Å². The molecule has 0 aliphatic rings. The van der Waals surface area contributed by atoms with Crippen LogP contribution in [0.5, 0.6) is 0 Å². The first-order valence-electron chi connectivity index (χ1n) is 7.05. The Kier molecular flexibility index (Phi) is 4.30. The van der Waals surface area contributed by atoms with E-state index in [2.05, 4.69) is 15.6 Å². The number of urea groups is 1. The number of hydrogen-bond acceptors (Lipinski definition) is 3. The van der Waals surface area contributed by atoms with E-state index >= 15 is 0 Å². The molecule has 0 radical (unpaired) electrons. The fourth-order valence-corrected chi connectivity index (χ4v) is 2.49. The number of rotatable bonds is 4. The Labute approximate surface area is 138 Å². The molecular formula is C17H15ClN4O. The number of primary amides is 1. The molecular weight excluding hydrogens is 312 g/mol. The maximum Gasteiger partial charge on any atom is 0.316 e. The molecule has 0 aliphatic heterocycles. The molecule has 0 fully saturated rings. The number of halogens is 1. The highest BCUT2D eigenvalue weighted by Crippen LogP contribution is 2.24. The molecule has 2 amide bonds. The van der Waals surface area contributed by atoms with Crippen LogP contribution >= 0.6 is 11.6 Å². The lowest BCUT2D eigenvalue weighted by atomic mass is 10.1. The van der Waals surface area contributed by atoms with Crippen LogP contribution in [0, 0.1) is 0 Å². The summed E-state index contributed by atoms with van der Waals surface area (Å²) in [6, 6.07) is 14.5. The Morgan fingerprint density at radius 3 is 2.65 bits per heavy atom. The van der Waals surface area contributed by atoms with Crippen LogP contribution in [0.3, 0.4) is 0 Å². The molecule has 3 rings (SSSR count). The maximum atomic E-state index is 10.8. The van der Waals surface area contributed by atoms with Crippen molar-refractivity contribution >= 4 is 39.9 Å². The lowest BCUT2D eigenvalue weighted by molar-refractivity contribution is 0.259. The molecule has 6 heteroatoms. The average Bonchev–Trinajstić information content (AvgIpc) is 2.53. The van der Waals surface area contributed by atoms with Gasteiger partial charge in [-0.1, -0.05) is 23.7 Å². The van der Waals surface area contributed by atoms with Gasteiger partial charge in [-0.25, -0.2) is 4.79 Å². The third kappa shape index (κ3) is 3.70. The number of carbonyl (C=O) groups excluding carboxylic acids is 1. The van der Waals surface area contributed by atoms with Gasteiger partial charge in [0.1, 0.15) is 0 Å². The van der Waals surface area contributed by atoms with Crippen molar-refractivity contribution in [3.05, 3.63) is 65.3 Å². The summed E-state index contributed by atoms with van der Waals surface area (Å²) in [7, 11) is 0. The van der Waals surface area contributed by atoms with Crippen molar-refractivity contribution in [3.8, 4) is 0 Å². The fourth-order valence-electron chi connectivity index (χ4n) is 2.32. The van der Waals surface area contributed by atoms with E-state index in [-0.39, 0.29) is 0 Å². The zero-order valence-electron chi connectivity index (χ0n) is 12.2. The predicted octanol–water partition coefficient (Wildman–Crippen LogP) is 3.99. The molecule has 0 saturated heterocycles. The Morgan fingerprint density at radius 2 is 1.91 bits per heavy atom. The van der Waals surface area contributed by atoms with Crippen LogP contribution in [0.15, 0.2) is 54.7 Å². The summed E-state index contributed by atoms with van der Waals surface area (Å²) in [5.74, 6) is 0. The Bertz CT molecular complexity index is 849. The minimum atomic E-state index is -0.571. The summed E-state index contributed by atoms with van der Waals surface area (Å²) >= 11 is 6.00. The molecule has 116 valence electrons. The van der Waals surface area contributed by atoms with Gasteiger partial charge in [-0.15, -0.1) is 0 Å². The number of carbonyl (C=O) groups is 1. The van der Waals surface area contributed by atoms with Gasteiger partial charge in [0.2, 0.25) is 0 Å². The minimum Gasteiger partial charge on any atom is -0.380 e. The Balaban J connectivity index is 1.74. The van der Waals surface area contributed by atoms with Gasteiger partial charge in [-0.2, -0.15) is 0 Å². The van der Waals surface area contributed by atoms with Crippen molar-refractivity contribution in [1.29, 1.82) is 0 Å². The lowest BCUT2D eigenvalue weighted by Gasteiger charge is -2.10. The van der Waals surface area contributed by atoms with Crippen LogP contribution in [-0.2, 0) is 6.54 Å². The van der Waals surface area contributed by atoms with E-state index in [0.29, 0.717) is 17.3 Å². The first kappa shape index (κ1) is 15.1. The van der Waals surface area contributed by atoms with Gasteiger partial charge in [-0.3, -0.25) is 4.98 Å². The quantitative estimate of drug-likeness (QED) is 0.678. The molecule has 0 saturated carbocycles. The van der Waals surface area contributed by atoms with Gasteiger partial charge in [-0.05, 0) is 42.0 Å². The number of nitrogens with one attached hydrogen (secondary N) is 2. The molecule has 3 aromatic rings. The molecule has 23 heavy (non-hydrogen) atoms. The first-order chi connectivity index (χ1) is 11.1. The number of anilines is 2. The number of nitrogens with zero attached hydrogens (tertiary/aromatic N) is 1. The number of amides is 2. The second kappa shape index (κ2) is 6.54.